The van der Waals surface area contributed by atoms with Crippen LogP contribution in [0.15, 0.2) is 63.8 Å². The van der Waals surface area contributed by atoms with Crippen LogP contribution in [0, 0.1) is 0 Å². The Morgan fingerprint density at radius 3 is 2.44 bits per heavy atom. The first-order chi connectivity index (χ1) is 15.4. The Bertz CT molecular complexity index is 1210. The van der Waals surface area contributed by atoms with Gasteiger partial charge in [-0.25, -0.2) is 9.59 Å². The molecule has 0 aromatic heterocycles. The monoisotopic (exact) mass is 497 g/mol. The number of halogens is 1. The number of benzene rings is 2. The number of carbonyl (C=O) groups is 3. The third-order valence-electron chi connectivity index (χ3n) is 5.52. The number of nitrogens with one attached hydrogen (secondary N) is 1. The van der Waals surface area contributed by atoms with Crippen molar-refractivity contribution in [1.29, 1.82) is 0 Å². The molecule has 4 rings (SSSR count). The SMILES string of the molecule is COC(=O)COc1ccc([C@H]2C(C(=O)OC)=C(C)NC3=C2C(=O)c2ccccc23)cc1Br. The summed E-state index contributed by atoms with van der Waals surface area (Å²) in [6.45, 7) is 1.55. The molecule has 0 spiro atoms. The summed E-state index contributed by atoms with van der Waals surface area (Å²) in [5, 5.41) is 3.24. The number of ether oxygens (including phenoxy) is 3. The van der Waals surface area contributed by atoms with Crippen molar-refractivity contribution in [3.05, 3.63) is 80.5 Å². The lowest BCUT2D eigenvalue weighted by Gasteiger charge is -2.29. The molecule has 1 N–H and O–H groups in total. The molecule has 1 aliphatic heterocycles. The van der Waals surface area contributed by atoms with Crippen LogP contribution in [0.1, 0.15) is 34.3 Å². The van der Waals surface area contributed by atoms with E-state index in [1.165, 1.54) is 14.2 Å². The van der Waals surface area contributed by atoms with E-state index in [1.807, 2.05) is 18.2 Å². The van der Waals surface area contributed by atoms with Gasteiger partial charge in [-0.05, 0) is 40.5 Å². The number of rotatable bonds is 5. The highest BCUT2D eigenvalue weighted by Gasteiger charge is 2.42. The molecule has 0 bridgehead atoms. The minimum atomic E-state index is -0.635. The minimum Gasteiger partial charge on any atom is -0.481 e. The average Bonchev–Trinajstić information content (AvgIpc) is 3.08. The normalized spacial score (nSPS) is 16.9. The Hall–Kier alpha value is -3.39. The van der Waals surface area contributed by atoms with E-state index in [9.17, 15) is 14.4 Å². The van der Waals surface area contributed by atoms with Gasteiger partial charge in [-0.3, -0.25) is 4.79 Å². The fourth-order valence-corrected chi connectivity index (χ4v) is 4.56. The third-order valence-corrected chi connectivity index (χ3v) is 6.14. The summed E-state index contributed by atoms with van der Waals surface area (Å²) in [5.74, 6) is -1.36. The van der Waals surface area contributed by atoms with Gasteiger partial charge in [-0.2, -0.15) is 0 Å². The average molecular weight is 498 g/mol. The van der Waals surface area contributed by atoms with Gasteiger partial charge in [0.15, 0.2) is 12.4 Å². The lowest BCUT2D eigenvalue weighted by atomic mass is 9.80. The Morgan fingerprint density at radius 2 is 1.78 bits per heavy atom. The molecule has 0 fully saturated rings. The molecule has 7 nitrogen and oxygen atoms in total. The van der Waals surface area contributed by atoms with Crippen molar-refractivity contribution < 1.29 is 28.6 Å². The van der Waals surface area contributed by atoms with Crippen molar-refractivity contribution in [1.82, 2.24) is 5.32 Å². The maximum absolute atomic E-state index is 13.4. The molecule has 1 heterocycles. The van der Waals surface area contributed by atoms with Crippen LogP contribution in [0.2, 0.25) is 0 Å². The van der Waals surface area contributed by atoms with Gasteiger partial charge in [-0.1, -0.05) is 30.3 Å². The first-order valence-electron chi connectivity index (χ1n) is 9.80. The number of ketones is 1. The van der Waals surface area contributed by atoms with Crippen LogP contribution >= 0.6 is 15.9 Å². The Balaban J connectivity index is 1.81. The van der Waals surface area contributed by atoms with Crippen LogP contribution in [0.3, 0.4) is 0 Å². The van der Waals surface area contributed by atoms with Crippen molar-refractivity contribution in [3.63, 3.8) is 0 Å². The van der Waals surface area contributed by atoms with Gasteiger partial charge < -0.3 is 19.5 Å². The number of Topliss-reactive ketones (excluding diaryl/α,β-unsaturated/α-hetero) is 1. The van der Waals surface area contributed by atoms with Gasteiger partial charge in [0.1, 0.15) is 5.75 Å². The molecular weight excluding hydrogens is 478 g/mol. The largest absolute Gasteiger partial charge is 0.481 e. The second-order valence-corrected chi connectivity index (χ2v) is 8.16. The topological polar surface area (TPSA) is 90.9 Å². The number of fused-ring (bicyclic) bond motifs is 2. The molecule has 1 atom stereocenters. The molecule has 1 aliphatic carbocycles. The Kier molecular flexibility index (Phi) is 5.88. The predicted molar refractivity (Wildman–Crippen MR) is 120 cm³/mol. The van der Waals surface area contributed by atoms with Crippen LogP contribution < -0.4 is 10.1 Å². The summed E-state index contributed by atoms with van der Waals surface area (Å²) in [7, 11) is 2.60. The highest BCUT2D eigenvalue weighted by molar-refractivity contribution is 9.10. The first-order valence-corrected chi connectivity index (χ1v) is 10.6. The van der Waals surface area contributed by atoms with Gasteiger partial charge in [0, 0.05) is 28.3 Å². The van der Waals surface area contributed by atoms with E-state index in [2.05, 4.69) is 26.0 Å². The van der Waals surface area contributed by atoms with Crippen molar-refractivity contribution in [2.24, 2.45) is 0 Å². The second kappa shape index (κ2) is 8.63. The van der Waals surface area contributed by atoms with E-state index < -0.39 is 17.9 Å². The van der Waals surface area contributed by atoms with Gasteiger partial charge in [0.25, 0.3) is 0 Å². The summed E-state index contributed by atoms with van der Waals surface area (Å²) >= 11 is 3.47. The molecule has 0 saturated heterocycles. The zero-order valence-electron chi connectivity index (χ0n) is 17.7. The summed E-state index contributed by atoms with van der Waals surface area (Å²) in [4.78, 5) is 37.5. The van der Waals surface area contributed by atoms with E-state index in [-0.39, 0.29) is 12.4 Å². The fourth-order valence-electron chi connectivity index (χ4n) is 4.05. The fraction of sp³-hybridized carbons (Fsp3) is 0.208. The van der Waals surface area contributed by atoms with Crippen molar-refractivity contribution >= 4 is 39.3 Å². The van der Waals surface area contributed by atoms with E-state index in [0.29, 0.717) is 43.9 Å². The first kappa shape index (κ1) is 21.8. The lowest BCUT2D eigenvalue weighted by molar-refractivity contribution is -0.143. The summed E-state index contributed by atoms with van der Waals surface area (Å²) in [6.07, 6.45) is 0. The number of esters is 2. The number of hydrogen-bond acceptors (Lipinski definition) is 7. The van der Waals surface area contributed by atoms with Crippen LogP contribution in [-0.2, 0) is 19.1 Å². The summed E-state index contributed by atoms with van der Waals surface area (Å²) in [5.41, 5.74) is 4.27. The van der Waals surface area contributed by atoms with Crippen LogP contribution in [0.5, 0.6) is 5.75 Å². The van der Waals surface area contributed by atoms with Gasteiger partial charge in [0.2, 0.25) is 0 Å². The zero-order chi connectivity index (χ0) is 23.0. The summed E-state index contributed by atoms with van der Waals surface area (Å²) in [6, 6.07) is 12.6. The molecule has 164 valence electrons. The van der Waals surface area contributed by atoms with Crippen LogP contribution in [0.25, 0.3) is 5.70 Å². The molecule has 0 radical (unpaired) electrons. The molecule has 2 aliphatic rings. The van der Waals surface area contributed by atoms with Gasteiger partial charge >= 0.3 is 11.9 Å². The van der Waals surface area contributed by atoms with Gasteiger partial charge in [0.05, 0.1) is 30.0 Å². The van der Waals surface area contributed by atoms with Crippen molar-refractivity contribution in [3.8, 4) is 5.75 Å². The maximum atomic E-state index is 13.4. The highest BCUT2D eigenvalue weighted by atomic mass is 79.9. The Labute approximate surface area is 193 Å². The quantitative estimate of drug-likeness (QED) is 0.629. The molecule has 8 heteroatoms. The van der Waals surface area contributed by atoms with Crippen molar-refractivity contribution in [2.75, 3.05) is 20.8 Å². The zero-order valence-corrected chi connectivity index (χ0v) is 19.2. The van der Waals surface area contributed by atoms with Gasteiger partial charge in [-0.15, -0.1) is 0 Å². The molecule has 0 unspecified atom stereocenters. The minimum absolute atomic E-state index is 0.135. The molecule has 2 aromatic carbocycles. The van der Waals surface area contributed by atoms with E-state index in [0.717, 1.165) is 5.56 Å². The molecule has 32 heavy (non-hydrogen) atoms. The number of allylic oxidation sites excluding steroid dienone is 2. The van der Waals surface area contributed by atoms with E-state index in [4.69, 9.17) is 9.47 Å². The second-order valence-electron chi connectivity index (χ2n) is 7.31. The number of dihydropyridines is 1. The number of carbonyl (C=O) groups excluding carboxylic acids is 3. The summed E-state index contributed by atoms with van der Waals surface area (Å²) < 4.78 is 15.7. The molecule has 0 saturated carbocycles. The van der Waals surface area contributed by atoms with Crippen LogP contribution in [-0.4, -0.2) is 38.5 Å². The van der Waals surface area contributed by atoms with Crippen molar-refractivity contribution in [2.45, 2.75) is 12.8 Å². The number of hydrogen-bond donors (Lipinski definition) is 1. The lowest BCUT2D eigenvalue weighted by Crippen LogP contribution is -2.29. The standard InChI is InChI=1S/C24H20BrNO6/c1-12-19(24(29)31-3)20(13-8-9-17(16(25)10-13)32-11-18(27)30-2)21-22(26-12)14-6-4-5-7-15(14)23(21)28/h4-10,20,26H,11H2,1-3H3/t20-/m0/s1. The highest BCUT2D eigenvalue weighted by Crippen LogP contribution is 2.47. The number of methoxy groups -OCH3 is 2. The molecule has 0 amide bonds. The smallest absolute Gasteiger partial charge is 0.343 e. The van der Waals surface area contributed by atoms with E-state index >= 15 is 0 Å². The van der Waals surface area contributed by atoms with Crippen LogP contribution in [0.4, 0.5) is 0 Å². The molecule has 2 aromatic rings. The maximum Gasteiger partial charge on any atom is 0.343 e. The Morgan fingerprint density at radius 1 is 1.06 bits per heavy atom. The molecular formula is C24H20BrNO6. The van der Waals surface area contributed by atoms with E-state index in [1.54, 1.807) is 31.2 Å². The predicted octanol–water partition coefficient (Wildman–Crippen LogP) is 3.74. The third kappa shape index (κ3) is 3.60.